The molecule has 0 heterocycles. The molecule has 0 amide bonds. The van der Waals surface area contributed by atoms with Crippen LogP contribution in [0.4, 0.5) is 0 Å². The summed E-state index contributed by atoms with van der Waals surface area (Å²) in [5, 5.41) is 0. The van der Waals surface area contributed by atoms with E-state index in [1.165, 1.54) is 225 Å². The Morgan fingerprint density at radius 1 is 0.417 bits per heavy atom. The number of hydrogen-bond acceptors (Lipinski definition) is 8. The first kappa shape index (κ1) is 70.5. The number of nitrogens with zero attached hydrogens (tertiary/aromatic N) is 1. The van der Waals surface area contributed by atoms with Crippen molar-refractivity contribution in [2.75, 3.05) is 47.5 Å². The van der Waals surface area contributed by atoms with E-state index in [9.17, 15) is 19.0 Å². The van der Waals surface area contributed by atoms with E-state index in [2.05, 4.69) is 38.2 Å². The SMILES string of the molecule is CCCCCC/C=C\CCCCCCCC(=O)OCC(COP(=O)([O-])OCC[N+](C)(C)C)OC(=O)CCCCCCCCCCCCCCCCCCCCCCCCC/C=C\CCCCCCCCCC. The molecule has 0 N–H and O–H groups in total. The number of esters is 2. The maximum atomic E-state index is 12.8. The van der Waals surface area contributed by atoms with Gasteiger partial charge in [0.15, 0.2) is 6.10 Å². The van der Waals surface area contributed by atoms with Crippen LogP contribution in [0, 0.1) is 0 Å². The smallest absolute Gasteiger partial charge is 0.306 e. The van der Waals surface area contributed by atoms with Gasteiger partial charge in [-0.1, -0.05) is 256 Å². The number of likely N-dealkylation sites (N-methyl/N-ethyl adjacent to an activating group) is 1. The molecule has 0 aromatic heterocycles. The van der Waals surface area contributed by atoms with E-state index in [4.69, 9.17) is 18.5 Å². The normalized spacial score (nSPS) is 13.4. The Morgan fingerprint density at radius 3 is 1.04 bits per heavy atom. The molecule has 2 atom stereocenters. The molecule has 9 nitrogen and oxygen atoms in total. The fraction of sp³-hybridized carbons (Fsp3) is 0.903. The minimum Gasteiger partial charge on any atom is -0.756 e. The number of phosphoric ester groups is 1. The van der Waals surface area contributed by atoms with Crippen LogP contribution in [0.3, 0.4) is 0 Å². The predicted molar refractivity (Wildman–Crippen MR) is 305 cm³/mol. The van der Waals surface area contributed by atoms with Crippen LogP contribution in [-0.4, -0.2) is 70.0 Å². The van der Waals surface area contributed by atoms with Crippen LogP contribution in [0.5, 0.6) is 0 Å². The van der Waals surface area contributed by atoms with Gasteiger partial charge in [-0.2, -0.15) is 0 Å². The summed E-state index contributed by atoms with van der Waals surface area (Å²) >= 11 is 0. The van der Waals surface area contributed by atoms with Gasteiger partial charge in [-0.25, -0.2) is 0 Å². The van der Waals surface area contributed by atoms with E-state index in [1.807, 2.05) is 21.1 Å². The van der Waals surface area contributed by atoms with Crippen LogP contribution < -0.4 is 4.89 Å². The molecule has 0 saturated carbocycles. The van der Waals surface area contributed by atoms with Crippen LogP contribution >= 0.6 is 7.82 Å². The zero-order chi connectivity index (χ0) is 52.7. The summed E-state index contributed by atoms with van der Waals surface area (Å²) in [6, 6.07) is 0. The summed E-state index contributed by atoms with van der Waals surface area (Å²) in [5.74, 6) is -0.829. The molecule has 0 aliphatic heterocycles. The monoisotopic (exact) mass is 1040 g/mol. The van der Waals surface area contributed by atoms with E-state index >= 15 is 0 Å². The van der Waals surface area contributed by atoms with Crippen molar-refractivity contribution in [3.05, 3.63) is 24.3 Å². The van der Waals surface area contributed by atoms with E-state index < -0.39 is 26.5 Å². The van der Waals surface area contributed by atoms with Crippen LogP contribution in [0.25, 0.3) is 0 Å². The molecule has 0 aromatic carbocycles. The van der Waals surface area contributed by atoms with Crippen LogP contribution in [0.2, 0.25) is 0 Å². The molecular weight excluding hydrogens is 918 g/mol. The van der Waals surface area contributed by atoms with Crippen molar-refractivity contribution in [3.8, 4) is 0 Å². The van der Waals surface area contributed by atoms with Crippen molar-refractivity contribution < 1.29 is 42.1 Å². The van der Waals surface area contributed by atoms with E-state index in [1.54, 1.807) is 0 Å². The highest BCUT2D eigenvalue weighted by Crippen LogP contribution is 2.38. The van der Waals surface area contributed by atoms with Crippen molar-refractivity contribution in [1.82, 2.24) is 0 Å². The minimum atomic E-state index is -4.63. The van der Waals surface area contributed by atoms with Gasteiger partial charge < -0.3 is 27.9 Å². The number of hydrogen-bond donors (Lipinski definition) is 0. The summed E-state index contributed by atoms with van der Waals surface area (Å²) in [6.45, 7) is 4.25. The van der Waals surface area contributed by atoms with E-state index in [0.717, 1.165) is 51.4 Å². The molecule has 10 heteroatoms. The molecule has 0 bridgehead atoms. The van der Waals surface area contributed by atoms with Crippen LogP contribution in [0.15, 0.2) is 24.3 Å². The highest BCUT2D eigenvalue weighted by atomic mass is 31.2. The maximum absolute atomic E-state index is 12.8. The highest BCUT2D eigenvalue weighted by molar-refractivity contribution is 7.45. The standard InChI is InChI=1S/C62H120NO8P/c1-6-8-10-12-14-16-18-20-21-22-23-24-25-26-27-28-29-30-31-32-33-34-35-36-37-38-39-40-41-43-45-47-49-51-53-55-62(65)71-60(59-70-72(66,67)69-57-56-63(3,4)5)58-68-61(64)54-52-50-48-46-44-42-19-17-15-13-11-9-7-2/h17,19,22-23,60H,6-16,18,20-21,24-59H2,1-5H3/b19-17-,23-22-. The Morgan fingerprint density at radius 2 is 0.708 bits per heavy atom. The van der Waals surface area contributed by atoms with Gasteiger partial charge in [-0.15, -0.1) is 0 Å². The van der Waals surface area contributed by atoms with Crippen LogP contribution in [-0.2, 0) is 32.7 Å². The topological polar surface area (TPSA) is 111 Å². The molecule has 0 fully saturated rings. The second kappa shape index (κ2) is 54.3. The number of carbonyl (C=O) groups is 2. The van der Waals surface area contributed by atoms with Crippen LogP contribution in [0.1, 0.15) is 309 Å². The zero-order valence-electron chi connectivity index (χ0n) is 48.4. The first-order valence-electron chi connectivity index (χ1n) is 31.0. The Kier molecular flexibility index (Phi) is 53.1. The number of unbranched alkanes of at least 4 members (excludes halogenated alkanes) is 40. The maximum Gasteiger partial charge on any atom is 0.306 e. The highest BCUT2D eigenvalue weighted by Gasteiger charge is 2.22. The summed E-state index contributed by atoms with van der Waals surface area (Å²) in [7, 11) is 1.18. The molecule has 0 rings (SSSR count). The fourth-order valence-electron chi connectivity index (χ4n) is 9.12. The molecule has 0 aromatic rings. The Balaban J connectivity index is 3.92. The third-order valence-electron chi connectivity index (χ3n) is 13.9. The Bertz CT molecular complexity index is 1270. The van der Waals surface area contributed by atoms with Gasteiger partial charge >= 0.3 is 11.9 Å². The first-order chi connectivity index (χ1) is 35.0. The summed E-state index contributed by atoms with van der Waals surface area (Å²) in [5.41, 5.74) is 0. The lowest BCUT2D eigenvalue weighted by Crippen LogP contribution is -2.37. The molecule has 72 heavy (non-hydrogen) atoms. The average Bonchev–Trinajstić information content (AvgIpc) is 3.34. The number of allylic oxidation sites excluding steroid dienone is 4. The second-order valence-electron chi connectivity index (χ2n) is 22.4. The molecule has 0 spiro atoms. The second-order valence-corrected chi connectivity index (χ2v) is 23.8. The molecule has 0 aliphatic carbocycles. The summed E-state index contributed by atoms with van der Waals surface area (Å²) in [6.07, 6.45) is 65.5. The zero-order valence-corrected chi connectivity index (χ0v) is 49.3. The molecule has 0 saturated heterocycles. The van der Waals surface area contributed by atoms with Crippen molar-refractivity contribution in [1.29, 1.82) is 0 Å². The van der Waals surface area contributed by atoms with Crippen molar-refractivity contribution in [2.45, 2.75) is 315 Å². The fourth-order valence-corrected chi connectivity index (χ4v) is 9.85. The van der Waals surface area contributed by atoms with Crippen molar-refractivity contribution in [2.24, 2.45) is 0 Å². The molecular formula is C62H120NO8P. The number of ether oxygens (including phenoxy) is 2. The first-order valence-corrected chi connectivity index (χ1v) is 32.5. The Hall–Kier alpha value is -1.51. The average molecular weight is 1040 g/mol. The molecule has 0 radical (unpaired) electrons. The van der Waals surface area contributed by atoms with Crippen molar-refractivity contribution >= 4 is 19.8 Å². The lowest BCUT2D eigenvalue weighted by atomic mass is 10.0. The lowest BCUT2D eigenvalue weighted by molar-refractivity contribution is -0.870. The number of phosphoric acid groups is 1. The third-order valence-corrected chi connectivity index (χ3v) is 14.9. The van der Waals surface area contributed by atoms with Gasteiger partial charge in [0, 0.05) is 12.8 Å². The minimum absolute atomic E-state index is 0.0293. The van der Waals surface area contributed by atoms with E-state index in [-0.39, 0.29) is 32.0 Å². The third kappa shape index (κ3) is 57.8. The lowest BCUT2D eigenvalue weighted by Gasteiger charge is -2.28. The van der Waals surface area contributed by atoms with Gasteiger partial charge in [-0.05, 0) is 64.2 Å². The van der Waals surface area contributed by atoms with Gasteiger partial charge in [0.1, 0.15) is 19.8 Å². The molecule has 426 valence electrons. The Labute approximate surface area is 447 Å². The number of carbonyl (C=O) groups excluding carboxylic acids is 2. The quantitative estimate of drug-likeness (QED) is 0.0195. The molecule has 2 unspecified atom stereocenters. The van der Waals surface area contributed by atoms with Gasteiger partial charge in [0.2, 0.25) is 0 Å². The van der Waals surface area contributed by atoms with Crippen molar-refractivity contribution in [3.63, 3.8) is 0 Å². The van der Waals surface area contributed by atoms with E-state index in [0.29, 0.717) is 17.4 Å². The van der Waals surface area contributed by atoms with Gasteiger partial charge in [0.25, 0.3) is 7.82 Å². The van der Waals surface area contributed by atoms with Gasteiger partial charge in [0.05, 0.1) is 27.7 Å². The summed E-state index contributed by atoms with van der Waals surface area (Å²) < 4.78 is 34.1. The number of rotatable bonds is 58. The largest absolute Gasteiger partial charge is 0.756 e. The summed E-state index contributed by atoms with van der Waals surface area (Å²) in [4.78, 5) is 37.8. The predicted octanol–water partition coefficient (Wildman–Crippen LogP) is 18.7. The number of quaternary nitrogens is 1. The molecule has 0 aliphatic rings. The van der Waals surface area contributed by atoms with Gasteiger partial charge in [-0.3, -0.25) is 14.2 Å².